The first-order valence-corrected chi connectivity index (χ1v) is 9.60. The Morgan fingerprint density at radius 2 is 1.90 bits per heavy atom. The third-order valence-electron chi connectivity index (χ3n) is 5.10. The first-order chi connectivity index (χ1) is 14.9. The first kappa shape index (κ1) is 20.8. The molecule has 164 valence electrons. The molecule has 13 nitrogen and oxygen atoms in total. The van der Waals surface area contributed by atoms with E-state index in [2.05, 4.69) is 15.0 Å². The number of hydrogen-bond donors (Lipinski definition) is 2. The SMILES string of the molecule is O=C(O)CCC(=O)OC1CC(n2cnc3c(N4C(=O)CCC4=O)ncnc32)OC1CO. The molecule has 2 aliphatic heterocycles. The first-order valence-electron chi connectivity index (χ1n) is 9.60. The third kappa shape index (κ3) is 3.96. The van der Waals surface area contributed by atoms with Gasteiger partial charge in [-0.1, -0.05) is 0 Å². The molecule has 2 aromatic heterocycles. The van der Waals surface area contributed by atoms with Crippen LogP contribution in [0.25, 0.3) is 11.2 Å². The molecule has 2 amide bonds. The van der Waals surface area contributed by atoms with E-state index in [1.54, 1.807) is 4.57 Å². The number of aliphatic carboxylic acids is 1. The van der Waals surface area contributed by atoms with E-state index in [1.807, 2.05) is 0 Å². The second-order valence-corrected chi connectivity index (χ2v) is 7.11. The van der Waals surface area contributed by atoms with Gasteiger partial charge in [0.1, 0.15) is 24.8 Å². The highest BCUT2D eigenvalue weighted by atomic mass is 16.6. The summed E-state index contributed by atoms with van der Waals surface area (Å²) in [7, 11) is 0. The molecule has 0 spiro atoms. The zero-order valence-corrected chi connectivity index (χ0v) is 16.2. The monoisotopic (exact) mass is 433 g/mol. The Bertz CT molecular complexity index is 1040. The molecule has 31 heavy (non-hydrogen) atoms. The Morgan fingerprint density at radius 1 is 1.16 bits per heavy atom. The number of rotatable bonds is 7. The zero-order chi connectivity index (χ0) is 22.1. The Balaban J connectivity index is 1.56. The van der Waals surface area contributed by atoms with Crippen molar-refractivity contribution in [3.63, 3.8) is 0 Å². The smallest absolute Gasteiger partial charge is 0.306 e. The highest BCUT2D eigenvalue weighted by Gasteiger charge is 2.40. The predicted octanol–water partition coefficient (Wildman–Crippen LogP) is -0.464. The summed E-state index contributed by atoms with van der Waals surface area (Å²) in [5.41, 5.74) is 0.536. The molecule has 13 heteroatoms. The van der Waals surface area contributed by atoms with Crippen molar-refractivity contribution < 1.29 is 38.9 Å². The van der Waals surface area contributed by atoms with E-state index in [0.717, 1.165) is 4.90 Å². The van der Waals surface area contributed by atoms with Gasteiger partial charge in [-0.2, -0.15) is 0 Å². The fourth-order valence-corrected chi connectivity index (χ4v) is 3.62. The summed E-state index contributed by atoms with van der Waals surface area (Å²) in [5.74, 6) is -2.48. The molecule has 0 bridgehead atoms. The van der Waals surface area contributed by atoms with Crippen LogP contribution in [0.3, 0.4) is 0 Å². The van der Waals surface area contributed by atoms with Crippen molar-refractivity contribution in [2.24, 2.45) is 0 Å². The van der Waals surface area contributed by atoms with E-state index < -0.39 is 37.0 Å². The molecular formula is C18H19N5O8. The Morgan fingerprint density at radius 3 is 2.58 bits per heavy atom. The minimum Gasteiger partial charge on any atom is -0.481 e. The molecule has 0 radical (unpaired) electrons. The summed E-state index contributed by atoms with van der Waals surface area (Å²) < 4.78 is 12.6. The molecule has 0 aromatic carbocycles. The van der Waals surface area contributed by atoms with Gasteiger partial charge in [0.2, 0.25) is 11.8 Å². The molecule has 0 aliphatic carbocycles. The van der Waals surface area contributed by atoms with E-state index in [0.29, 0.717) is 5.65 Å². The molecule has 2 aliphatic rings. The van der Waals surface area contributed by atoms with Gasteiger partial charge in [0, 0.05) is 19.3 Å². The molecule has 2 fully saturated rings. The number of aliphatic hydroxyl groups excluding tert-OH is 1. The van der Waals surface area contributed by atoms with Crippen molar-refractivity contribution in [1.29, 1.82) is 0 Å². The molecular weight excluding hydrogens is 414 g/mol. The van der Waals surface area contributed by atoms with E-state index >= 15 is 0 Å². The number of anilines is 1. The van der Waals surface area contributed by atoms with E-state index in [-0.39, 0.29) is 55.3 Å². The quantitative estimate of drug-likeness (QED) is 0.427. The Hall–Kier alpha value is -3.45. The summed E-state index contributed by atoms with van der Waals surface area (Å²) >= 11 is 0. The summed E-state index contributed by atoms with van der Waals surface area (Å²) in [4.78, 5) is 60.1. The van der Waals surface area contributed by atoms with Crippen molar-refractivity contribution in [1.82, 2.24) is 19.5 Å². The molecule has 4 rings (SSSR count). The summed E-state index contributed by atoms with van der Waals surface area (Å²) in [5, 5.41) is 18.3. The van der Waals surface area contributed by atoms with Crippen LogP contribution in [-0.2, 0) is 28.7 Å². The molecule has 4 heterocycles. The second kappa shape index (κ2) is 8.35. The maximum atomic E-state index is 12.1. The average Bonchev–Trinajstić information content (AvgIpc) is 3.43. The van der Waals surface area contributed by atoms with Crippen molar-refractivity contribution in [2.45, 2.75) is 50.5 Å². The highest BCUT2D eigenvalue weighted by Crippen LogP contribution is 2.34. The third-order valence-corrected chi connectivity index (χ3v) is 5.10. The fraction of sp³-hybridized carbons (Fsp3) is 0.500. The predicted molar refractivity (Wildman–Crippen MR) is 99.4 cm³/mol. The fourth-order valence-electron chi connectivity index (χ4n) is 3.62. The largest absolute Gasteiger partial charge is 0.481 e. The van der Waals surface area contributed by atoms with Gasteiger partial charge in [0.25, 0.3) is 0 Å². The van der Waals surface area contributed by atoms with Gasteiger partial charge < -0.3 is 19.7 Å². The standard InChI is InChI=1S/C18H19N5O8/c24-6-10-9(31-15(29)4-3-14(27)28)5-13(30-10)22-8-21-16-17(22)19-7-20-18(16)23-11(25)1-2-12(23)26/h7-10,13,24H,1-6H2,(H,27,28). The van der Waals surface area contributed by atoms with Gasteiger partial charge in [-0.3, -0.25) is 23.7 Å². The van der Waals surface area contributed by atoms with Gasteiger partial charge in [-0.15, -0.1) is 0 Å². The Labute approximate surface area is 174 Å². The second-order valence-electron chi connectivity index (χ2n) is 7.11. The van der Waals surface area contributed by atoms with Crippen LogP contribution in [0.2, 0.25) is 0 Å². The number of carboxylic acids is 1. The number of esters is 1. The van der Waals surface area contributed by atoms with Crippen LogP contribution in [-0.4, -0.2) is 72.3 Å². The number of carboxylic acid groups (broad SMARTS) is 1. The number of hydrogen-bond acceptors (Lipinski definition) is 10. The van der Waals surface area contributed by atoms with Crippen LogP contribution in [0.4, 0.5) is 5.82 Å². The number of nitrogens with zero attached hydrogens (tertiary/aromatic N) is 5. The molecule has 2 saturated heterocycles. The maximum Gasteiger partial charge on any atom is 0.306 e. The minimum absolute atomic E-state index is 0.0876. The number of carbonyl (C=O) groups excluding carboxylic acids is 3. The van der Waals surface area contributed by atoms with E-state index in [9.17, 15) is 24.3 Å². The topological polar surface area (TPSA) is 174 Å². The number of imidazole rings is 1. The zero-order valence-electron chi connectivity index (χ0n) is 16.2. The van der Waals surface area contributed by atoms with Crippen LogP contribution in [0.15, 0.2) is 12.7 Å². The van der Waals surface area contributed by atoms with Crippen LogP contribution < -0.4 is 4.90 Å². The number of fused-ring (bicyclic) bond motifs is 1. The molecule has 3 unspecified atom stereocenters. The average molecular weight is 433 g/mol. The maximum absolute atomic E-state index is 12.1. The van der Waals surface area contributed by atoms with Crippen LogP contribution in [0.1, 0.15) is 38.3 Å². The number of carbonyl (C=O) groups is 4. The van der Waals surface area contributed by atoms with Crippen LogP contribution >= 0.6 is 0 Å². The Kier molecular flexibility index (Phi) is 5.61. The van der Waals surface area contributed by atoms with Crippen LogP contribution in [0.5, 0.6) is 0 Å². The normalized spacial score (nSPS) is 23.6. The molecule has 2 N–H and O–H groups in total. The van der Waals surface area contributed by atoms with Gasteiger partial charge in [0.15, 0.2) is 17.0 Å². The van der Waals surface area contributed by atoms with Crippen molar-refractivity contribution in [3.05, 3.63) is 12.7 Å². The summed E-state index contributed by atoms with van der Waals surface area (Å²) in [6.45, 7) is -0.420. The van der Waals surface area contributed by atoms with E-state index in [1.165, 1.54) is 12.7 Å². The van der Waals surface area contributed by atoms with Crippen molar-refractivity contribution in [3.8, 4) is 0 Å². The van der Waals surface area contributed by atoms with Gasteiger partial charge in [-0.25, -0.2) is 19.9 Å². The lowest BCUT2D eigenvalue weighted by Crippen LogP contribution is -2.30. The lowest BCUT2D eigenvalue weighted by molar-refractivity contribution is -0.155. The lowest BCUT2D eigenvalue weighted by atomic mass is 10.2. The van der Waals surface area contributed by atoms with Gasteiger partial charge in [-0.05, 0) is 0 Å². The van der Waals surface area contributed by atoms with Gasteiger partial charge >= 0.3 is 11.9 Å². The van der Waals surface area contributed by atoms with Crippen molar-refractivity contribution >= 4 is 40.7 Å². The number of ether oxygens (including phenoxy) is 2. The van der Waals surface area contributed by atoms with Crippen molar-refractivity contribution in [2.75, 3.05) is 11.5 Å². The number of amides is 2. The highest BCUT2D eigenvalue weighted by molar-refractivity contribution is 6.21. The van der Waals surface area contributed by atoms with Crippen LogP contribution in [0, 0.1) is 0 Å². The summed E-state index contributed by atoms with van der Waals surface area (Å²) in [6, 6.07) is 0. The lowest BCUT2D eigenvalue weighted by Gasteiger charge is -2.16. The molecule has 2 aromatic rings. The molecule has 3 atom stereocenters. The summed E-state index contributed by atoms with van der Waals surface area (Å²) in [6.07, 6.45) is 0.00193. The molecule has 0 saturated carbocycles. The number of aromatic nitrogens is 4. The number of aliphatic hydroxyl groups is 1. The number of imide groups is 1. The van der Waals surface area contributed by atoms with E-state index in [4.69, 9.17) is 14.6 Å². The minimum atomic E-state index is -1.12. The van der Waals surface area contributed by atoms with Gasteiger partial charge in [0.05, 0.1) is 25.8 Å².